The van der Waals surface area contributed by atoms with Gasteiger partial charge in [-0.1, -0.05) is 6.92 Å². The Morgan fingerprint density at radius 2 is 2.14 bits per heavy atom. The van der Waals surface area contributed by atoms with Crippen LogP contribution in [0.4, 0.5) is 0 Å². The van der Waals surface area contributed by atoms with Crippen LogP contribution in [0.2, 0.25) is 0 Å². The van der Waals surface area contributed by atoms with Crippen LogP contribution in [0.15, 0.2) is 0 Å². The molecule has 0 rings (SSSR count). The van der Waals surface area contributed by atoms with Gasteiger partial charge in [0.1, 0.15) is 0 Å². The molecule has 0 fully saturated rings. The molecular weight excluding hydrogens is 196 g/mol. The maximum atomic E-state index is 11.8. The van der Waals surface area contributed by atoms with E-state index in [1.165, 1.54) is 0 Å². The molecule has 0 radical (unpaired) electrons. The standard InChI is InChI=1S/C10H22N2OS/c1-4-7-12(5-2)10(13)9(11)6-8-14-3/h9H,4-8,11H2,1-3H3/t9-/m1/s1. The van der Waals surface area contributed by atoms with Gasteiger partial charge in [-0.05, 0) is 31.8 Å². The molecule has 0 aromatic rings. The van der Waals surface area contributed by atoms with Crippen LogP contribution in [-0.4, -0.2) is 41.9 Å². The molecular formula is C10H22N2OS. The third-order valence-corrected chi connectivity index (χ3v) is 2.78. The van der Waals surface area contributed by atoms with Crippen molar-refractivity contribution in [2.24, 2.45) is 5.73 Å². The van der Waals surface area contributed by atoms with Gasteiger partial charge < -0.3 is 10.6 Å². The summed E-state index contributed by atoms with van der Waals surface area (Å²) in [6, 6.07) is -0.311. The third kappa shape index (κ3) is 4.86. The lowest BCUT2D eigenvalue weighted by Gasteiger charge is -2.23. The number of carbonyl (C=O) groups is 1. The predicted molar refractivity (Wildman–Crippen MR) is 63.5 cm³/mol. The fourth-order valence-electron chi connectivity index (χ4n) is 1.30. The summed E-state index contributed by atoms with van der Waals surface area (Å²) in [6.45, 7) is 5.65. The topological polar surface area (TPSA) is 46.3 Å². The highest BCUT2D eigenvalue weighted by atomic mass is 32.2. The Bertz CT molecular complexity index is 164. The summed E-state index contributed by atoms with van der Waals surface area (Å²) in [7, 11) is 0. The number of likely N-dealkylation sites (N-methyl/N-ethyl adjacent to an activating group) is 1. The van der Waals surface area contributed by atoms with Crippen molar-refractivity contribution in [1.29, 1.82) is 0 Å². The molecule has 4 heteroatoms. The Morgan fingerprint density at radius 1 is 1.50 bits per heavy atom. The van der Waals surface area contributed by atoms with Gasteiger partial charge in [-0.25, -0.2) is 0 Å². The van der Waals surface area contributed by atoms with Crippen LogP contribution in [0.5, 0.6) is 0 Å². The highest BCUT2D eigenvalue weighted by Crippen LogP contribution is 2.03. The van der Waals surface area contributed by atoms with E-state index in [1.807, 2.05) is 18.1 Å². The fraction of sp³-hybridized carbons (Fsp3) is 0.900. The molecule has 0 bridgehead atoms. The monoisotopic (exact) mass is 218 g/mol. The summed E-state index contributed by atoms with van der Waals surface area (Å²) in [5.74, 6) is 1.06. The first-order chi connectivity index (χ1) is 6.67. The molecule has 0 heterocycles. The Balaban J connectivity index is 3.99. The van der Waals surface area contributed by atoms with Crippen LogP contribution < -0.4 is 5.73 Å². The van der Waals surface area contributed by atoms with Crippen molar-refractivity contribution >= 4 is 17.7 Å². The molecule has 1 atom stereocenters. The molecule has 14 heavy (non-hydrogen) atoms. The predicted octanol–water partition coefficient (Wildman–Crippen LogP) is 1.33. The minimum atomic E-state index is -0.311. The summed E-state index contributed by atoms with van der Waals surface area (Å²) < 4.78 is 0. The normalized spacial score (nSPS) is 12.6. The summed E-state index contributed by atoms with van der Waals surface area (Å²) in [5.41, 5.74) is 5.81. The molecule has 0 saturated carbocycles. The maximum absolute atomic E-state index is 11.8. The van der Waals surface area contributed by atoms with E-state index >= 15 is 0 Å². The van der Waals surface area contributed by atoms with Gasteiger partial charge in [0.15, 0.2) is 0 Å². The maximum Gasteiger partial charge on any atom is 0.239 e. The summed E-state index contributed by atoms with van der Waals surface area (Å²) in [6.07, 6.45) is 3.80. The first kappa shape index (κ1) is 13.8. The van der Waals surface area contributed by atoms with Gasteiger partial charge in [0.05, 0.1) is 6.04 Å². The van der Waals surface area contributed by atoms with E-state index in [4.69, 9.17) is 5.73 Å². The van der Waals surface area contributed by atoms with E-state index in [0.717, 1.165) is 31.7 Å². The third-order valence-electron chi connectivity index (χ3n) is 2.14. The second-order valence-electron chi connectivity index (χ2n) is 3.31. The largest absolute Gasteiger partial charge is 0.342 e. The summed E-state index contributed by atoms with van der Waals surface area (Å²) >= 11 is 1.73. The number of rotatable bonds is 7. The van der Waals surface area contributed by atoms with Crippen molar-refractivity contribution in [3.05, 3.63) is 0 Å². The van der Waals surface area contributed by atoms with Crippen LogP contribution in [0, 0.1) is 0 Å². The molecule has 0 aliphatic rings. The number of amides is 1. The van der Waals surface area contributed by atoms with E-state index < -0.39 is 0 Å². The smallest absolute Gasteiger partial charge is 0.239 e. The van der Waals surface area contributed by atoms with Crippen LogP contribution in [0.1, 0.15) is 26.7 Å². The van der Waals surface area contributed by atoms with Crippen LogP contribution in [-0.2, 0) is 4.79 Å². The Hall–Kier alpha value is -0.220. The Morgan fingerprint density at radius 3 is 2.57 bits per heavy atom. The Labute approximate surface area is 91.4 Å². The minimum absolute atomic E-state index is 0.100. The van der Waals surface area contributed by atoms with E-state index in [-0.39, 0.29) is 11.9 Å². The molecule has 0 aromatic carbocycles. The molecule has 0 spiro atoms. The van der Waals surface area contributed by atoms with Crippen molar-refractivity contribution < 1.29 is 4.79 Å². The molecule has 1 amide bonds. The van der Waals surface area contributed by atoms with Crippen LogP contribution in [0.25, 0.3) is 0 Å². The summed E-state index contributed by atoms with van der Waals surface area (Å²) in [5, 5.41) is 0. The van der Waals surface area contributed by atoms with E-state index in [0.29, 0.717) is 0 Å². The number of hydrogen-bond acceptors (Lipinski definition) is 3. The van der Waals surface area contributed by atoms with Gasteiger partial charge in [-0.2, -0.15) is 11.8 Å². The number of thioether (sulfide) groups is 1. The molecule has 0 aromatic heterocycles. The van der Waals surface area contributed by atoms with Gasteiger partial charge >= 0.3 is 0 Å². The van der Waals surface area contributed by atoms with Crippen molar-refractivity contribution in [2.75, 3.05) is 25.1 Å². The van der Waals surface area contributed by atoms with Gasteiger partial charge in [0, 0.05) is 13.1 Å². The minimum Gasteiger partial charge on any atom is -0.342 e. The fourth-order valence-corrected chi connectivity index (χ4v) is 1.79. The average molecular weight is 218 g/mol. The molecule has 0 aliphatic heterocycles. The van der Waals surface area contributed by atoms with Gasteiger partial charge in [0.25, 0.3) is 0 Å². The van der Waals surface area contributed by atoms with E-state index in [9.17, 15) is 4.79 Å². The van der Waals surface area contributed by atoms with E-state index in [2.05, 4.69) is 6.92 Å². The molecule has 2 N–H and O–H groups in total. The second kappa shape index (κ2) is 8.12. The SMILES string of the molecule is CCCN(CC)C(=O)[C@H](N)CCSC. The number of carbonyl (C=O) groups excluding carboxylic acids is 1. The number of hydrogen-bond donors (Lipinski definition) is 1. The quantitative estimate of drug-likeness (QED) is 0.701. The lowest BCUT2D eigenvalue weighted by molar-refractivity contribution is -0.132. The molecule has 84 valence electrons. The number of nitrogens with two attached hydrogens (primary N) is 1. The molecule has 3 nitrogen and oxygen atoms in total. The first-order valence-corrected chi connectivity index (χ1v) is 6.60. The van der Waals surface area contributed by atoms with Gasteiger partial charge in [0.2, 0.25) is 5.91 Å². The highest BCUT2D eigenvalue weighted by Gasteiger charge is 2.18. The van der Waals surface area contributed by atoms with Crippen LogP contribution >= 0.6 is 11.8 Å². The Kier molecular flexibility index (Phi) is 7.99. The molecule has 0 saturated heterocycles. The first-order valence-electron chi connectivity index (χ1n) is 5.20. The highest BCUT2D eigenvalue weighted by molar-refractivity contribution is 7.98. The zero-order valence-corrected chi connectivity index (χ0v) is 10.3. The van der Waals surface area contributed by atoms with Crippen molar-refractivity contribution in [3.8, 4) is 0 Å². The van der Waals surface area contributed by atoms with E-state index in [1.54, 1.807) is 11.8 Å². The van der Waals surface area contributed by atoms with Gasteiger partial charge in [-0.15, -0.1) is 0 Å². The average Bonchev–Trinajstić information content (AvgIpc) is 2.21. The van der Waals surface area contributed by atoms with Crippen LogP contribution in [0.3, 0.4) is 0 Å². The lowest BCUT2D eigenvalue weighted by atomic mass is 10.2. The van der Waals surface area contributed by atoms with Crippen molar-refractivity contribution in [1.82, 2.24) is 4.90 Å². The summed E-state index contributed by atoms with van der Waals surface area (Å²) in [4.78, 5) is 13.6. The van der Waals surface area contributed by atoms with Crippen molar-refractivity contribution in [2.45, 2.75) is 32.7 Å². The lowest BCUT2D eigenvalue weighted by Crippen LogP contribution is -2.44. The zero-order valence-electron chi connectivity index (χ0n) is 9.45. The molecule has 0 aliphatic carbocycles. The van der Waals surface area contributed by atoms with Gasteiger partial charge in [-0.3, -0.25) is 4.79 Å². The number of nitrogens with zero attached hydrogens (tertiary/aromatic N) is 1. The second-order valence-corrected chi connectivity index (χ2v) is 4.29. The zero-order chi connectivity index (χ0) is 11.0. The van der Waals surface area contributed by atoms with Crippen molar-refractivity contribution in [3.63, 3.8) is 0 Å². The molecule has 0 unspecified atom stereocenters.